The van der Waals surface area contributed by atoms with Crippen LogP contribution in [0, 0.1) is 5.41 Å². The number of aromatic nitrogens is 1. The van der Waals surface area contributed by atoms with Gasteiger partial charge in [-0.05, 0) is 35.8 Å². The lowest BCUT2D eigenvalue weighted by Crippen LogP contribution is -2.41. The molecule has 0 aliphatic carbocycles. The number of hydrogen-bond donors (Lipinski definition) is 4. The van der Waals surface area contributed by atoms with Crippen molar-refractivity contribution in [2.75, 3.05) is 19.7 Å². The summed E-state index contributed by atoms with van der Waals surface area (Å²) in [7, 11) is 0. The summed E-state index contributed by atoms with van der Waals surface area (Å²) in [6, 6.07) is 6.19. The maximum atomic E-state index is 11.9. The van der Waals surface area contributed by atoms with Crippen LogP contribution in [0.15, 0.2) is 24.4 Å². The lowest BCUT2D eigenvalue weighted by Gasteiger charge is -2.23. The quantitative estimate of drug-likeness (QED) is 0.600. The molecule has 5 heteroatoms. The van der Waals surface area contributed by atoms with Crippen molar-refractivity contribution in [1.29, 1.82) is 0 Å². The molecule has 0 unspecified atom stereocenters. The molecule has 5 nitrogen and oxygen atoms in total. The second kappa shape index (κ2) is 8.20. The Kier molecular flexibility index (Phi) is 6.26. The van der Waals surface area contributed by atoms with Crippen molar-refractivity contribution >= 4 is 16.9 Å². The van der Waals surface area contributed by atoms with Crippen molar-refractivity contribution in [2.24, 2.45) is 5.41 Å². The molecule has 0 radical (unpaired) electrons. The van der Waals surface area contributed by atoms with Crippen molar-refractivity contribution in [3.05, 3.63) is 35.5 Å². The molecule has 0 saturated heterocycles. The molecule has 0 bridgehead atoms. The Hall–Kier alpha value is -2.01. The number of carbonyl (C=O) groups is 1. The Bertz CT molecular complexity index is 676. The molecule has 4 N–H and O–H groups in total. The number of urea groups is 1. The number of fused-ring (bicyclic) bond motifs is 1. The van der Waals surface area contributed by atoms with Gasteiger partial charge in [0, 0.05) is 36.8 Å². The van der Waals surface area contributed by atoms with Gasteiger partial charge in [0.15, 0.2) is 0 Å². The molecular weight excluding hydrogens is 302 g/mol. The van der Waals surface area contributed by atoms with Gasteiger partial charge in [0.2, 0.25) is 0 Å². The summed E-state index contributed by atoms with van der Waals surface area (Å²) in [5.41, 5.74) is 3.64. The number of aliphatic hydroxyl groups excluding tert-OH is 1. The minimum Gasteiger partial charge on any atom is -0.396 e. The van der Waals surface area contributed by atoms with Gasteiger partial charge >= 0.3 is 6.03 Å². The monoisotopic (exact) mass is 331 g/mol. The largest absolute Gasteiger partial charge is 0.396 e. The lowest BCUT2D eigenvalue weighted by atomic mass is 9.90. The van der Waals surface area contributed by atoms with Gasteiger partial charge in [0.1, 0.15) is 0 Å². The number of amides is 2. The fourth-order valence-electron chi connectivity index (χ4n) is 2.86. The standard InChI is InChI=1S/C19H29N3O2/c1-4-14-6-5-7-16-15(12-21-17(14)16)8-10-20-18(24)22-13-19(2,3)9-11-23/h5-7,12,21,23H,4,8-11,13H2,1-3H3,(H2,20,22,24). The van der Waals surface area contributed by atoms with Crippen molar-refractivity contribution in [1.82, 2.24) is 15.6 Å². The Morgan fingerprint density at radius 2 is 2.04 bits per heavy atom. The first-order valence-corrected chi connectivity index (χ1v) is 8.67. The average molecular weight is 331 g/mol. The van der Waals surface area contributed by atoms with Crippen LogP contribution in [0.2, 0.25) is 0 Å². The number of benzene rings is 1. The summed E-state index contributed by atoms with van der Waals surface area (Å²) in [4.78, 5) is 15.2. The van der Waals surface area contributed by atoms with Crippen LogP contribution in [0.3, 0.4) is 0 Å². The maximum Gasteiger partial charge on any atom is 0.314 e. The topological polar surface area (TPSA) is 77.2 Å². The second-order valence-corrected chi connectivity index (χ2v) is 7.00. The van der Waals surface area contributed by atoms with Gasteiger partial charge in [0.05, 0.1) is 0 Å². The normalized spacial score (nSPS) is 11.7. The highest BCUT2D eigenvalue weighted by atomic mass is 16.3. The zero-order valence-corrected chi connectivity index (χ0v) is 14.9. The third-order valence-corrected chi connectivity index (χ3v) is 4.46. The molecule has 0 aliphatic heterocycles. The number of carbonyl (C=O) groups excluding carboxylic acids is 1. The Morgan fingerprint density at radius 1 is 1.25 bits per heavy atom. The van der Waals surface area contributed by atoms with Gasteiger partial charge in [-0.2, -0.15) is 0 Å². The van der Waals surface area contributed by atoms with E-state index in [0.717, 1.165) is 12.8 Å². The van der Waals surface area contributed by atoms with E-state index >= 15 is 0 Å². The summed E-state index contributed by atoms with van der Waals surface area (Å²) in [5.74, 6) is 0. The molecule has 0 aliphatic rings. The minimum atomic E-state index is -0.157. The van der Waals surface area contributed by atoms with Crippen LogP contribution in [0.25, 0.3) is 10.9 Å². The number of aliphatic hydroxyl groups is 1. The maximum absolute atomic E-state index is 11.9. The Morgan fingerprint density at radius 3 is 2.75 bits per heavy atom. The number of rotatable bonds is 8. The number of hydrogen-bond acceptors (Lipinski definition) is 2. The van der Waals surface area contributed by atoms with E-state index in [0.29, 0.717) is 19.5 Å². The summed E-state index contributed by atoms with van der Waals surface area (Å²) in [6.45, 7) is 7.49. The molecule has 2 aromatic rings. The first kappa shape index (κ1) is 18.3. The lowest BCUT2D eigenvalue weighted by molar-refractivity contribution is 0.201. The zero-order chi connectivity index (χ0) is 17.6. The van der Waals surface area contributed by atoms with Crippen LogP contribution in [-0.4, -0.2) is 35.8 Å². The van der Waals surface area contributed by atoms with E-state index < -0.39 is 0 Å². The zero-order valence-electron chi connectivity index (χ0n) is 14.9. The van der Waals surface area contributed by atoms with E-state index in [-0.39, 0.29) is 18.1 Å². The molecule has 0 spiro atoms. The number of H-pyrrole nitrogens is 1. The predicted molar refractivity (Wildman–Crippen MR) is 98.3 cm³/mol. The minimum absolute atomic E-state index is 0.0977. The van der Waals surface area contributed by atoms with Crippen LogP contribution in [0.4, 0.5) is 4.79 Å². The third kappa shape index (κ3) is 4.74. The molecule has 24 heavy (non-hydrogen) atoms. The average Bonchev–Trinajstić information content (AvgIpc) is 2.96. The smallest absolute Gasteiger partial charge is 0.314 e. The van der Waals surface area contributed by atoms with E-state index in [2.05, 4.69) is 40.7 Å². The van der Waals surface area contributed by atoms with E-state index in [9.17, 15) is 4.79 Å². The summed E-state index contributed by atoms with van der Waals surface area (Å²) < 4.78 is 0. The van der Waals surface area contributed by atoms with Crippen LogP contribution in [-0.2, 0) is 12.8 Å². The number of nitrogens with one attached hydrogen (secondary N) is 3. The molecule has 1 aromatic heterocycles. The molecule has 0 fully saturated rings. The fourth-order valence-corrected chi connectivity index (χ4v) is 2.86. The third-order valence-electron chi connectivity index (χ3n) is 4.46. The summed E-state index contributed by atoms with van der Waals surface area (Å²) in [5, 5.41) is 16.0. The van der Waals surface area contributed by atoms with Crippen LogP contribution in [0.1, 0.15) is 38.3 Å². The number of aryl methyl sites for hydroxylation is 1. The van der Waals surface area contributed by atoms with Gasteiger partial charge in [-0.25, -0.2) is 4.79 Å². The fraction of sp³-hybridized carbons (Fsp3) is 0.526. The molecule has 1 heterocycles. The molecule has 2 rings (SSSR count). The highest BCUT2D eigenvalue weighted by molar-refractivity contribution is 5.86. The Labute approximate surface area is 143 Å². The SMILES string of the molecule is CCc1cccc2c(CCNC(=O)NCC(C)(C)CCO)c[nH]c12. The second-order valence-electron chi connectivity index (χ2n) is 7.00. The van der Waals surface area contributed by atoms with Crippen LogP contribution >= 0.6 is 0 Å². The van der Waals surface area contributed by atoms with Crippen LogP contribution in [0.5, 0.6) is 0 Å². The Balaban J connectivity index is 1.83. The molecule has 1 aromatic carbocycles. The van der Waals surface area contributed by atoms with Gasteiger partial charge in [-0.1, -0.05) is 39.0 Å². The first-order valence-electron chi connectivity index (χ1n) is 8.67. The van der Waals surface area contributed by atoms with Gasteiger partial charge in [-0.15, -0.1) is 0 Å². The van der Waals surface area contributed by atoms with E-state index in [1.54, 1.807) is 0 Å². The van der Waals surface area contributed by atoms with E-state index in [1.165, 1.54) is 22.0 Å². The van der Waals surface area contributed by atoms with Crippen molar-refractivity contribution in [3.8, 4) is 0 Å². The highest BCUT2D eigenvalue weighted by Gasteiger charge is 2.17. The van der Waals surface area contributed by atoms with Gasteiger partial charge < -0.3 is 20.7 Å². The summed E-state index contributed by atoms with van der Waals surface area (Å²) in [6.07, 6.45) is 4.50. The predicted octanol–water partition coefficient (Wildman–Crippen LogP) is 2.98. The van der Waals surface area contributed by atoms with Crippen molar-refractivity contribution in [3.63, 3.8) is 0 Å². The molecule has 0 saturated carbocycles. The number of para-hydroxylation sites is 1. The highest BCUT2D eigenvalue weighted by Crippen LogP contribution is 2.22. The summed E-state index contributed by atoms with van der Waals surface area (Å²) >= 11 is 0. The van der Waals surface area contributed by atoms with Crippen molar-refractivity contribution in [2.45, 2.75) is 40.0 Å². The van der Waals surface area contributed by atoms with Gasteiger partial charge in [0.25, 0.3) is 0 Å². The molecule has 0 atom stereocenters. The van der Waals surface area contributed by atoms with Crippen LogP contribution < -0.4 is 10.6 Å². The molecule has 2 amide bonds. The van der Waals surface area contributed by atoms with Gasteiger partial charge in [-0.3, -0.25) is 0 Å². The molecule has 132 valence electrons. The number of aromatic amines is 1. The first-order chi connectivity index (χ1) is 11.5. The molecular formula is C19H29N3O2. The van der Waals surface area contributed by atoms with Crippen molar-refractivity contribution < 1.29 is 9.90 Å². The van der Waals surface area contributed by atoms with E-state index in [1.807, 2.05) is 20.0 Å². The van der Waals surface area contributed by atoms with E-state index in [4.69, 9.17) is 5.11 Å².